The maximum Gasteiger partial charge on any atom is 0.251 e. The predicted octanol–water partition coefficient (Wildman–Crippen LogP) is 3.25. The summed E-state index contributed by atoms with van der Waals surface area (Å²) >= 11 is 1.70. The number of hydrogen-bond acceptors (Lipinski definition) is 5. The molecule has 1 fully saturated rings. The van der Waals surface area contributed by atoms with Crippen molar-refractivity contribution in [3.05, 3.63) is 58.2 Å². The normalized spacial score (nSPS) is 15.6. The number of hydrogen-bond donors (Lipinski definition) is 1. The molecule has 0 aliphatic carbocycles. The van der Waals surface area contributed by atoms with E-state index in [0.717, 1.165) is 59.9 Å². The number of thiazole rings is 1. The van der Waals surface area contributed by atoms with Crippen LogP contribution in [0.4, 0.5) is 0 Å². The van der Waals surface area contributed by atoms with Gasteiger partial charge in [-0.1, -0.05) is 18.2 Å². The molecule has 6 nitrogen and oxygen atoms in total. The lowest BCUT2D eigenvalue weighted by molar-refractivity contribution is 0.0908. The molecule has 0 unspecified atom stereocenters. The monoisotopic (exact) mass is 395 g/mol. The Hall–Kier alpha value is -2.51. The molecule has 146 valence electrons. The van der Waals surface area contributed by atoms with Crippen molar-refractivity contribution in [2.75, 3.05) is 13.1 Å². The van der Waals surface area contributed by atoms with Gasteiger partial charge in [-0.25, -0.2) is 4.98 Å². The molecule has 1 N–H and O–H groups in total. The molecule has 1 aliphatic heterocycles. The van der Waals surface area contributed by atoms with E-state index in [0.29, 0.717) is 0 Å². The predicted molar refractivity (Wildman–Crippen MR) is 111 cm³/mol. The number of nitrogens with zero attached hydrogens (tertiary/aromatic N) is 4. The highest BCUT2D eigenvalue weighted by Gasteiger charge is 2.22. The van der Waals surface area contributed by atoms with Crippen molar-refractivity contribution in [1.82, 2.24) is 25.0 Å². The van der Waals surface area contributed by atoms with Gasteiger partial charge in [0.25, 0.3) is 5.91 Å². The van der Waals surface area contributed by atoms with Gasteiger partial charge in [-0.15, -0.1) is 11.3 Å². The zero-order valence-corrected chi connectivity index (χ0v) is 17.1. The minimum Gasteiger partial charge on any atom is -0.349 e. The van der Waals surface area contributed by atoms with Gasteiger partial charge in [0.2, 0.25) is 0 Å². The Balaban J connectivity index is 1.28. The van der Waals surface area contributed by atoms with Crippen molar-refractivity contribution in [3.8, 4) is 11.3 Å². The van der Waals surface area contributed by atoms with Crippen molar-refractivity contribution < 1.29 is 4.79 Å². The van der Waals surface area contributed by atoms with Gasteiger partial charge in [-0.2, -0.15) is 5.10 Å². The topological polar surface area (TPSA) is 63.1 Å². The minimum atomic E-state index is 0.0394. The van der Waals surface area contributed by atoms with Gasteiger partial charge in [0.05, 0.1) is 18.4 Å². The van der Waals surface area contributed by atoms with Gasteiger partial charge in [0.15, 0.2) is 0 Å². The van der Waals surface area contributed by atoms with Crippen LogP contribution in [0.15, 0.2) is 42.0 Å². The highest BCUT2D eigenvalue weighted by molar-refractivity contribution is 7.09. The number of aromatic nitrogens is 3. The van der Waals surface area contributed by atoms with Gasteiger partial charge in [-0.3, -0.25) is 14.4 Å². The van der Waals surface area contributed by atoms with E-state index in [-0.39, 0.29) is 11.9 Å². The number of aryl methyl sites for hydroxylation is 2. The molecule has 1 aliphatic rings. The molecule has 0 spiro atoms. The third-order valence-corrected chi connectivity index (χ3v) is 6.06. The third-order valence-electron chi connectivity index (χ3n) is 5.22. The summed E-state index contributed by atoms with van der Waals surface area (Å²) in [7, 11) is 1.92. The van der Waals surface area contributed by atoms with Crippen molar-refractivity contribution in [2.45, 2.75) is 32.4 Å². The van der Waals surface area contributed by atoms with E-state index in [9.17, 15) is 4.79 Å². The number of carbonyl (C=O) groups is 1. The Kier molecular flexibility index (Phi) is 5.54. The lowest BCUT2D eigenvalue weighted by atomic mass is 10.0. The second-order valence-corrected chi connectivity index (χ2v) is 8.31. The first-order valence-electron chi connectivity index (χ1n) is 9.61. The number of carbonyl (C=O) groups excluding carboxylic acids is 1. The summed E-state index contributed by atoms with van der Waals surface area (Å²) in [6.07, 6.45) is 5.78. The zero-order chi connectivity index (χ0) is 19.5. The Labute approximate surface area is 169 Å². The van der Waals surface area contributed by atoms with Crippen molar-refractivity contribution in [1.29, 1.82) is 0 Å². The van der Waals surface area contributed by atoms with Crippen LogP contribution in [0.2, 0.25) is 0 Å². The molecule has 0 atom stereocenters. The fourth-order valence-corrected chi connectivity index (χ4v) is 4.43. The van der Waals surface area contributed by atoms with E-state index in [1.54, 1.807) is 16.0 Å². The smallest absolute Gasteiger partial charge is 0.251 e. The molecule has 1 amide bonds. The van der Waals surface area contributed by atoms with Crippen LogP contribution in [0.25, 0.3) is 11.3 Å². The molecular weight excluding hydrogens is 370 g/mol. The Morgan fingerprint density at radius 1 is 1.29 bits per heavy atom. The Bertz CT molecular complexity index is 955. The van der Waals surface area contributed by atoms with Crippen LogP contribution in [0.5, 0.6) is 0 Å². The molecule has 0 bridgehead atoms. The molecule has 7 heteroatoms. The van der Waals surface area contributed by atoms with Crippen LogP contribution in [0, 0.1) is 6.92 Å². The number of likely N-dealkylation sites (tertiary alicyclic amines) is 1. The summed E-state index contributed by atoms with van der Waals surface area (Å²) in [4.78, 5) is 19.7. The summed E-state index contributed by atoms with van der Waals surface area (Å²) in [5.41, 5.74) is 3.84. The SMILES string of the molecule is Cc1ccccc1C(=O)NC1CCN(Cc2nc(-c3cnn(C)c3)cs2)CC1. The molecule has 4 rings (SSSR count). The quantitative estimate of drug-likeness (QED) is 0.720. The van der Waals surface area contributed by atoms with Crippen molar-refractivity contribution in [2.24, 2.45) is 7.05 Å². The number of nitrogens with one attached hydrogen (secondary N) is 1. The molecule has 0 radical (unpaired) electrons. The highest BCUT2D eigenvalue weighted by Crippen LogP contribution is 2.23. The van der Waals surface area contributed by atoms with Gasteiger partial charge >= 0.3 is 0 Å². The second kappa shape index (κ2) is 8.24. The van der Waals surface area contributed by atoms with Gasteiger partial charge in [0, 0.05) is 48.9 Å². The number of piperidine rings is 1. The number of amides is 1. The molecule has 28 heavy (non-hydrogen) atoms. The summed E-state index contributed by atoms with van der Waals surface area (Å²) in [6.45, 7) is 4.79. The number of benzene rings is 1. The van der Waals surface area contributed by atoms with Crippen LogP contribution in [0.3, 0.4) is 0 Å². The molecule has 1 saturated heterocycles. The van der Waals surface area contributed by atoms with Crippen LogP contribution in [-0.4, -0.2) is 44.7 Å². The lowest BCUT2D eigenvalue weighted by Crippen LogP contribution is -2.44. The number of rotatable bonds is 5. The van der Waals surface area contributed by atoms with Crippen molar-refractivity contribution >= 4 is 17.2 Å². The standard InChI is InChI=1S/C21H25N5OS/c1-15-5-3-4-6-18(15)21(27)23-17-7-9-26(10-8-17)13-20-24-19(14-28-20)16-11-22-25(2)12-16/h3-6,11-12,14,17H,7-10,13H2,1-2H3,(H,23,27). The summed E-state index contributed by atoms with van der Waals surface area (Å²) in [5, 5.41) is 10.6. The summed E-state index contributed by atoms with van der Waals surface area (Å²) < 4.78 is 1.80. The molecule has 3 aromatic rings. The van der Waals surface area contributed by atoms with E-state index in [1.807, 2.05) is 50.6 Å². The van der Waals surface area contributed by atoms with Gasteiger partial charge in [0.1, 0.15) is 5.01 Å². The Morgan fingerprint density at radius 2 is 2.07 bits per heavy atom. The van der Waals surface area contributed by atoms with Gasteiger partial charge in [-0.05, 0) is 31.4 Å². The Morgan fingerprint density at radius 3 is 2.79 bits per heavy atom. The molecule has 2 aromatic heterocycles. The maximum atomic E-state index is 12.5. The fourth-order valence-electron chi connectivity index (χ4n) is 3.59. The lowest BCUT2D eigenvalue weighted by Gasteiger charge is -2.31. The third kappa shape index (κ3) is 4.31. The first kappa shape index (κ1) is 18.8. The van der Waals surface area contributed by atoms with Crippen LogP contribution in [-0.2, 0) is 13.6 Å². The van der Waals surface area contributed by atoms with Crippen LogP contribution < -0.4 is 5.32 Å². The van der Waals surface area contributed by atoms with E-state index >= 15 is 0 Å². The van der Waals surface area contributed by atoms with E-state index in [2.05, 4.69) is 20.7 Å². The summed E-state index contributed by atoms with van der Waals surface area (Å²) in [6, 6.07) is 7.99. The second-order valence-electron chi connectivity index (χ2n) is 7.37. The highest BCUT2D eigenvalue weighted by atomic mass is 32.1. The molecule has 1 aromatic carbocycles. The molecule has 3 heterocycles. The van der Waals surface area contributed by atoms with Crippen LogP contribution in [0.1, 0.15) is 33.8 Å². The van der Waals surface area contributed by atoms with E-state index in [1.165, 1.54) is 0 Å². The van der Waals surface area contributed by atoms with E-state index in [4.69, 9.17) is 4.98 Å². The average Bonchev–Trinajstić information content (AvgIpc) is 3.32. The first-order chi connectivity index (χ1) is 13.6. The van der Waals surface area contributed by atoms with Crippen molar-refractivity contribution in [3.63, 3.8) is 0 Å². The first-order valence-corrected chi connectivity index (χ1v) is 10.5. The summed E-state index contributed by atoms with van der Waals surface area (Å²) in [5.74, 6) is 0.0394. The maximum absolute atomic E-state index is 12.5. The largest absolute Gasteiger partial charge is 0.349 e. The molecule has 0 saturated carbocycles. The fraction of sp³-hybridized carbons (Fsp3) is 0.381. The molecular formula is C21H25N5OS. The van der Waals surface area contributed by atoms with Crippen LogP contribution >= 0.6 is 11.3 Å². The van der Waals surface area contributed by atoms with Gasteiger partial charge < -0.3 is 5.32 Å². The zero-order valence-electron chi connectivity index (χ0n) is 16.3. The van der Waals surface area contributed by atoms with E-state index < -0.39 is 0 Å². The minimum absolute atomic E-state index is 0.0394. The average molecular weight is 396 g/mol.